The fourth-order valence-corrected chi connectivity index (χ4v) is 2.57. The van der Waals surface area contributed by atoms with Crippen LogP contribution in [0.15, 0.2) is 46.9 Å². The number of hydrogen-bond acceptors (Lipinski definition) is 3. The first-order valence-corrected chi connectivity index (χ1v) is 7.47. The largest absolute Gasteiger partial charge is 0.454 e. The molecule has 3 nitrogen and oxygen atoms in total. The highest BCUT2D eigenvalue weighted by molar-refractivity contribution is 9.10. The molecule has 1 N–H and O–H groups in total. The van der Waals surface area contributed by atoms with Crippen molar-refractivity contribution in [3.8, 4) is 11.5 Å². The number of rotatable bonds is 4. The summed E-state index contributed by atoms with van der Waals surface area (Å²) < 4.78 is 11.8. The number of halogens is 1. The number of nitrogens with one attached hydrogen (secondary N) is 1. The van der Waals surface area contributed by atoms with Gasteiger partial charge in [-0.1, -0.05) is 35.0 Å². The molecule has 2 aromatic carbocycles. The first-order valence-electron chi connectivity index (χ1n) is 6.68. The molecule has 1 aliphatic heterocycles. The third-order valence-electron chi connectivity index (χ3n) is 3.39. The van der Waals surface area contributed by atoms with E-state index in [9.17, 15) is 0 Å². The first kappa shape index (κ1) is 13.3. The predicted molar refractivity (Wildman–Crippen MR) is 83.4 cm³/mol. The number of benzene rings is 2. The Balaban J connectivity index is 1.79. The first-order chi connectivity index (χ1) is 9.76. The van der Waals surface area contributed by atoms with E-state index in [2.05, 4.69) is 52.4 Å². The lowest BCUT2D eigenvalue weighted by molar-refractivity contribution is 0.174. The second-order valence-electron chi connectivity index (χ2n) is 4.72. The van der Waals surface area contributed by atoms with Crippen LogP contribution >= 0.6 is 15.9 Å². The maximum Gasteiger partial charge on any atom is 0.231 e. The van der Waals surface area contributed by atoms with E-state index in [1.165, 1.54) is 5.56 Å². The van der Waals surface area contributed by atoms with Crippen molar-refractivity contribution in [3.63, 3.8) is 0 Å². The Bertz CT molecular complexity index is 598. The molecule has 2 aromatic rings. The Hall–Kier alpha value is -1.68. The molecule has 3 rings (SSSR count). The average Bonchev–Trinajstić information content (AvgIpc) is 2.93. The van der Waals surface area contributed by atoms with Gasteiger partial charge < -0.3 is 14.8 Å². The molecule has 0 radical (unpaired) electrons. The summed E-state index contributed by atoms with van der Waals surface area (Å²) in [7, 11) is 0. The monoisotopic (exact) mass is 333 g/mol. The summed E-state index contributed by atoms with van der Waals surface area (Å²) in [6, 6.07) is 14.6. The molecule has 0 bridgehead atoms. The van der Waals surface area contributed by atoms with Gasteiger partial charge in [-0.05, 0) is 36.2 Å². The number of anilines is 1. The molecule has 20 heavy (non-hydrogen) atoms. The molecule has 0 saturated carbocycles. The van der Waals surface area contributed by atoms with E-state index >= 15 is 0 Å². The van der Waals surface area contributed by atoms with Gasteiger partial charge in [-0.15, -0.1) is 0 Å². The van der Waals surface area contributed by atoms with Crippen molar-refractivity contribution in [1.82, 2.24) is 0 Å². The Labute approximate surface area is 127 Å². The van der Waals surface area contributed by atoms with Crippen LogP contribution in [0.1, 0.15) is 24.9 Å². The Morgan fingerprint density at radius 2 is 1.85 bits per heavy atom. The minimum atomic E-state index is 0.281. The summed E-state index contributed by atoms with van der Waals surface area (Å²) in [5, 5.41) is 3.54. The average molecular weight is 334 g/mol. The van der Waals surface area contributed by atoms with Gasteiger partial charge >= 0.3 is 0 Å². The summed E-state index contributed by atoms with van der Waals surface area (Å²) in [6.07, 6.45) is 1.01. The van der Waals surface area contributed by atoms with Crippen LogP contribution in [0, 0.1) is 0 Å². The molecule has 104 valence electrons. The van der Waals surface area contributed by atoms with Crippen LogP contribution in [0.3, 0.4) is 0 Å². The van der Waals surface area contributed by atoms with E-state index in [4.69, 9.17) is 9.47 Å². The van der Waals surface area contributed by atoms with Crippen molar-refractivity contribution in [2.24, 2.45) is 0 Å². The molecule has 1 aliphatic rings. The molecule has 0 saturated heterocycles. The third-order valence-corrected chi connectivity index (χ3v) is 3.92. The van der Waals surface area contributed by atoms with E-state index in [1.807, 2.05) is 18.2 Å². The highest BCUT2D eigenvalue weighted by atomic mass is 79.9. The van der Waals surface area contributed by atoms with Gasteiger partial charge in [0, 0.05) is 16.2 Å². The lowest BCUT2D eigenvalue weighted by atomic mass is 10.0. The van der Waals surface area contributed by atoms with E-state index in [0.717, 1.165) is 28.1 Å². The molecule has 0 aromatic heterocycles. The fraction of sp³-hybridized carbons (Fsp3) is 0.250. The SMILES string of the molecule is CCC(Nc1ccc2c(c1)OCO2)c1ccc(Br)cc1. The number of fused-ring (bicyclic) bond motifs is 1. The van der Waals surface area contributed by atoms with Gasteiger partial charge in [0.2, 0.25) is 6.79 Å². The van der Waals surface area contributed by atoms with E-state index in [-0.39, 0.29) is 6.04 Å². The zero-order chi connectivity index (χ0) is 13.9. The smallest absolute Gasteiger partial charge is 0.231 e. The highest BCUT2D eigenvalue weighted by Crippen LogP contribution is 2.35. The topological polar surface area (TPSA) is 30.5 Å². The molecular formula is C16H16BrNO2. The van der Waals surface area contributed by atoms with Crippen molar-refractivity contribution < 1.29 is 9.47 Å². The van der Waals surface area contributed by atoms with Crippen LogP contribution in [-0.2, 0) is 0 Å². The molecule has 1 atom stereocenters. The maximum absolute atomic E-state index is 5.41. The van der Waals surface area contributed by atoms with Crippen LogP contribution in [0.5, 0.6) is 11.5 Å². The molecule has 4 heteroatoms. The van der Waals surface area contributed by atoms with Gasteiger partial charge in [0.05, 0.1) is 6.04 Å². The summed E-state index contributed by atoms with van der Waals surface area (Å²) in [4.78, 5) is 0. The molecule has 0 amide bonds. The summed E-state index contributed by atoms with van der Waals surface area (Å²) in [5.74, 6) is 1.62. The zero-order valence-corrected chi connectivity index (χ0v) is 12.8. The fourth-order valence-electron chi connectivity index (χ4n) is 2.30. The van der Waals surface area contributed by atoms with E-state index < -0.39 is 0 Å². The van der Waals surface area contributed by atoms with Crippen LogP contribution in [0.4, 0.5) is 5.69 Å². The molecule has 0 aliphatic carbocycles. The summed E-state index contributed by atoms with van der Waals surface area (Å²) in [6.45, 7) is 2.48. The highest BCUT2D eigenvalue weighted by Gasteiger charge is 2.15. The molecule has 0 spiro atoms. The quantitative estimate of drug-likeness (QED) is 0.876. The van der Waals surface area contributed by atoms with E-state index in [0.29, 0.717) is 6.79 Å². The lowest BCUT2D eigenvalue weighted by Gasteiger charge is -2.19. The number of ether oxygens (including phenoxy) is 2. The minimum Gasteiger partial charge on any atom is -0.454 e. The summed E-state index contributed by atoms with van der Waals surface area (Å²) >= 11 is 3.47. The second kappa shape index (κ2) is 5.75. The Kier molecular flexibility index (Phi) is 3.83. The molecule has 1 unspecified atom stereocenters. The standard InChI is InChI=1S/C16H16BrNO2/c1-2-14(11-3-5-12(17)6-4-11)18-13-7-8-15-16(9-13)20-10-19-15/h3-9,14,18H,2,10H2,1H3. The second-order valence-corrected chi connectivity index (χ2v) is 5.64. The Morgan fingerprint density at radius 3 is 2.60 bits per heavy atom. The minimum absolute atomic E-state index is 0.281. The van der Waals surface area contributed by atoms with Crippen LogP contribution in [0.2, 0.25) is 0 Å². The normalized spacial score (nSPS) is 14.1. The van der Waals surface area contributed by atoms with E-state index in [1.54, 1.807) is 0 Å². The van der Waals surface area contributed by atoms with Gasteiger partial charge in [0.15, 0.2) is 11.5 Å². The molecular weight excluding hydrogens is 318 g/mol. The van der Waals surface area contributed by atoms with Crippen LogP contribution in [0.25, 0.3) is 0 Å². The number of hydrogen-bond donors (Lipinski definition) is 1. The molecule has 0 fully saturated rings. The van der Waals surface area contributed by atoms with Crippen molar-refractivity contribution >= 4 is 21.6 Å². The van der Waals surface area contributed by atoms with Crippen molar-refractivity contribution in [2.75, 3.05) is 12.1 Å². The van der Waals surface area contributed by atoms with Crippen molar-refractivity contribution in [3.05, 3.63) is 52.5 Å². The Morgan fingerprint density at radius 1 is 1.10 bits per heavy atom. The van der Waals surface area contributed by atoms with Gasteiger partial charge in [0.25, 0.3) is 0 Å². The van der Waals surface area contributed by atoms with Gasteiger partial charge in [0.1, 0.15) is 0 Å². The van der Waals surface area contributed by atoms with Gasteiger partial charge in [-0.25, -0.2) is 0 Å². The van der Waals surface area contributed by atoms with Gasteiger partial charge in [-0.2, -0.15) is 0 Å². The van der Waals surface area contributed by atoms with Crippen LogP contribution in [-0.4, -0.2) is 6.79 Å². The maximum atomic E-state index is 5.41. The predicted octanol–water partition coefficient (Wildman–Crippen LogP) is 4.74. The van der Waals surface area contributed by atoms with Crippen molar-refractivity contribution in [1.29, 1.82) is 0 Å². The lowest BCUT2D eigenvalue weighted by Crippen LogP contribution is -2.09. The van der Waals surface area contributed by atoms with Gasteiger partial charge in [-0.3, -0.25) is 0 Å². The zero-order valence-electron chi connectivity index (χ0n) is 11.2. The molecule has 1 heterocycles. The third kappa shape index (κ3) is 2.75. The van der Waals surface area contributed by atoms with Crippen LogP contribution < -0.4 is 14.8 Å². The summed E-state index contributed by atoms with van der Waals surface area (Å²) in [5.41, 5.74) is 2.32. The van der Waals surface area contributed by atoms with Crippen molar-refractivity contribution in [2.45, 2.75) is 19.4 Å².